The summed E-state index contributed by atoms with van der Waals surface area (Å²) in [5.74, 6) is 2.48. The number of urea groups is 1. The van der Waals surface area contributed by atoms with Crippen molar-refractivity contribution in [2.45, 2.75) is 26.7 Å². The van der Waals surface area contributed by atoms with E-state index in [0.717, 1.165) is 24.7 Å². The average Bonchev–Trinajstić information content (AvgIpc) is 3.11. The molecule has 0 aromatic heterocycles. The summed E-state index contributed by atoms with van der Waals surface area (Å²) in [5.41, 5.74) is 0.793. The van der Waals surface area contributed by atoms with Crippen LogP contribution in [-0.4, -0.2) is 24.0 Å². The molecule has 1 saturated carbocycles. The van der Waals surface area contributed by atoms with Crippen molar-refractivity contribution in [1.29, 1.82) is 0 Å². The van der Waals surface area contributed by atoms with Gasteiger partial charge in [0.1, 0.15) is 0 Å². The topological polar surface area (TPSA) is 32.3 Å². The van der Waals surface area contributed by atoms with Crippen LogP contribution in [-0.2, 0) is 0 Å². The van der Waals surface area contributed by atoms with Crippen molar-refractivity contribution in [2.24, 2.45) is 23.7 Å². The van der Waals surface area contributed by atoms with Crippen molar-refractivity contribution in [2.75, 3.05) is 18.4 Å². The van der Waals surface area contributed by atoms with Crippen LogP contribution in [0, 0.1) is 23.7 Å². The Kier molecular flexibility index (Phi) is 4.96. The summed E-state index contributed by atoms with van der Waals surface area (Å²) in [7, 11) is 0. The summed E-state index contributed by atoms with van der Waals surface area (Å²) in [4.78, 5) is 14.7. The second-order valence-corrected chi connectivity index (χ2v) is 7.71. The Morgan fingerprint density at radius 1 is 1.26 bits per heavy atom. The minimum Gasteiger partial charge on any atom is -0.324 e. The molecule has 0 saturated heterocycles. The maximum Gasteiger partial charge on any atom is 0.321 e. The molecule has 3 unspecified atom stereocenters. The molecular weight excluding hydrogens is 308 g/mol. The highest BCUT2D eigenvalue weighted by molar-refractivity contribution is 6.30. The average molecular weight is 333 g/mol. The molecule has 2 amide bonds. The molecule has 3 rings (SSSR count). The highest BCUT2D eigenvalue weighted by atomic mass is 35.5. The maximum atomic E-state index is 12.7. The lowest BCUT2D eigenvalue weighted by molar-refractivity contribution is 0.187. The van der Waals surface area contributed by atoms with Crippen LogP contribution in [0.15, 0.2) is 36.4 Å². The number of hydrogen-bond donors (Lipinski definition) is 1. The standard InChI is InChI=1S/C19H25ClN2O/c1-13(2)11-22(12-16-10-14-3-4-15(16)9-14)19(23)21-18-7-5-17(20)6-8-18/h3-8,13-16H,9-12H2,1-2H3,(H,21,23). The summed E-state index contributed by atoms with van der Waals surface area (Å²) in [6, 6.07) is 7.27. The van der Waals surface area contributed by atoms with Crippen LogP contribution in [0.3, 0.4) is 0 Å². The second kappa shape index (κ2) is 6.96. The number of amides is 2. The Hall–Kier alpha value is -1.48. The lowest BCUT2D eigenvalue weighted by Crippen LogP contribution is -2.41. The molecule has 0 spiro atoms. The molecule has 1 N–H and O–H groups in total. The van der Waals surface area contributed by atoms with Crippen molar-refractivity contribution in [3.8, 4) is 0 Å². The van der Waals surface area contributed by atoms with E-state index in [9.17, 15) is 4.79 Å². The fourth-order valence-electron chi connectivity index (χ4n) is 3.80. The van der Waals surface area contributed by atoms with E-state index in [4.69, 9.17) is 11.6 Å². The van der Waals surface area contributed by atoms with Crippen LogP contribution in [0.1, 0.15) is 26.7 Å². The van der Waals surface area contributed by atoms with Crippen LogP contribution in [0.25, 0.3) is 0 Å². The number of anilines is 1. The zero-order valence-electron chi connectivity index (χ0n) is 13.8. The van der Waals surface area contributed by atoms with E-state index < -0.39 is 0 Å². The number of rotatable bonds is 5. The first-order valence-electron chi connectivity index (χ1n) is 8.51. The van der Waals surface area contributed by atoms with Gasteiger partial charge in [-0.25, -0.2) is 4.79 Å². The predicted octanol–water partition coefficient (Wildman–Crippen LogP) is 5.04. The summed E-state index contributed by atoms with van der Waals surface area (Å²) in [6.07, 6.45) is 7.20. The molecule has 23 heavy (non-hydrogen) atoms. The second-order valence-electron chi connectivity index (χ2n) is 7.28. The van der Waals surface area contributed by atoms with Gasteiger partial charge in [0.05, 0.1) is 0 Å². The van der Waals surface area contributed by atoms with Gasteiger partial charge >= 0.3 is 6.03 Å². The molecule has 4 heteroatoms. The molecule has 1 aromatic carbocycles. The van der Waals surface area contributed by atoms with Gasteiger partial charge in [0, 0.05) is 23.8 Å². The van der Waals surface area contributed by atoms with E-state index >= 15 is 0 Å². The monoisotopic (exact) mass is 332 g/mol. The van der Waals surface area contributed by atoms with Gasteiger partial charge in [0.15, 0.2) is 0 Å². The Balaban J connectivity index is 1.64. The van der Waals surface area contributed by atoms with E-state index in [1.54, 1.807) is 12.1 Å². The van der Waals surface area contributed by atoms with Gasteiger partial charge in [0.25, 0.3) is 0 Å². The van der Waals surface area contributed by atoms with Crippen LogP contribution in [0.5, 0.6) is 0 Å². The Morgan fingerprint density at radius 2 is 2.00 bits per heavy atom. The number of fused-ring (bicyclic) bond motifs is 2. The third-order valence-corrected chi connectivity index (χ3v) is 5.09. The van der Waals surface area contributed by atoms with Gasteiger partial charge in [-0.2, -0.15) is 0 Å². The molecule has 2 aliphatic carbocycles. The first kappa shape index (κ1) is 16.4. The number of hydrogen-bond acceptors (Lipinski definition) is 1. The van der Waals surface area contributed by atoms with Crippen molar-refractivity contribution < 1.29 is 4.79 Å². The third kappa shape index (κ3) is 4.08. The predicted molar refractivity (Wildman–Crippen MR) is 95.7 cm³/mol. The Morgan fingerprint density at radius 3 is 2.57 bits per heavy atom. The van der Waals surface area contributed by atoms with Crippen molar-refractivity contribution in [1.82, 2.24) is 4.90 Å². The fourth-order valence-corrected chi connectivity index (χ4v) is 3.93. The minimum absolute atomic E-state index is 0.00669. The number of benzene rings is 1. The Bertz CT molecular complexity index is 582. The SMILES string of the molecule is CC(C)CN(CC1CC2C=CC1C2)C(=O)Nc1ccc(Cl)cc1. The van der Waals surface area contributed by atoms with Gasteiger partial charge in [0.2, 0.25) is 0 Å². The number of carbonyl (C=O) groups is 1. The van der Waals surface area contributed by atoms with Crippen LogP contribution in [0.4, 0.5) is 10.5 Å². The van der Waals surface area contributed by atoms with Crippen molar-refractivity contribution >= 4 is 23.3 Å². The molecule has 3 atom stereocenters. The summed E-state index contributed by atoms with van der Waals surface area (Å²) < 4.78 is 0. The van der Waals surface area contributed by atoms with Gasteiger partial charge < -0.3 is 10.2 Å². The van der Waals surface area contributed by atoms with Crippen molar-refractivity contribution in [3.05, 3.63) is 41.4 Å². The van der Waals surface area contributed by atoms with E-state index in [1.807, 2.05) is 17.0 Å². The van der Waals surface area contributed by atoms with E-state index in [0.29, 0.717) is 22.8 Å². The van der Waals surface area contributed by atoms with Gasteiger partial charge in [-0.05, 0) is 60.8 Å². The smallest absolute Gasteiger partial charge is 0.321 e. The number of nitrogens with zero attached hydrogens (tertiary/aromatic N) is 1. The largest absolute Gasteiger partial charge is 0.324 e. The lowest BCUT2D eigenvalue weighted by Gasteiger charge is -2.30. The molecule has 0 aliphatic heterocycles. The number of nitrogens with one attached hydrogen (secondary N) is 1. The molecule has 2 bridgehead atoms. The fraction of sp³-hybridized carbons (Fsp3) is 0.526. The number of allylic oxidation sites excluding steroid dienone is 2. The molecule has 0 heterocycles. The van der Waals surface area contributed by atoms with Gasteiger partial charge in [-0.1, -0.05) is 37.6 Å². The normalized spacial score (nSPS) is 25.1. The molecular formula is C19H25ClN2O. The third-order valence-electron chi connectivity index (χ3n) is 4.84. The van der Waals surface area contributed by atoms with E-state index in [2.05, 4.69) is 31.3 Å². The summed E-state index contributed by atoms with van der Waals surface area (Å²) in [5, 5.41) is 3.68. The zero-order chi connectivity index (χ0) is 16.4. The van der Waals surface area contributed by atoms with Crippen LogP contribution < -0.4 is 5.32 Å². The van der Waals surface area contributed by atoms with Crippen molar-refractivity contribution in [3.63, 3.8) is 0 Å². The number of carbonyl (C=O) groups excluding carboxylic acids is 1. The lowest BCUT2D eigenvalue weighted by atomic mass is 9.93. The number of halogens is 1. The maximum absolute atomic E-state index is 12.7. The first-order valence-corrected chi connectivity index (χ1v) is 8.89. The zero-order valence-corrected chi connectivity index (χ0v) is 14.6. The molecule has 124 valence electrons. The van der Waals surface area contributed by atoms with Gasteiger partial charge in [-0.15, -0.1) is 0 Å². The van der Waals surface area contributed by atoms with E-state index in [-0.39, 0.29) is 6.03 Å². The minimum atomic E-state index is -0.00669. The quantitative estimate of drug-likeness (QED) is 0.752. The first-order chi connectivity index (χ1) is 11.0. The Labute approximate surface area is 143 Å². The molecule has 2 aliphatic rings. The van der Waals surface area contributed by atoms with Gasteiger partial charge in [-0.3, -0.25) is 0 Å². The highest BCUT2D eigenvalue weighted by Crippen LogP contribution is 2.43. The molecule has 0 radical (unpaired) electrons. The molecule has 1 aromatic rings. The molecule has 1 fully saturated rings. The summed E-state index contributed by atoms with van der Waals surface area (Å²) >= 11 is 5.90. The molecule has 3 nitrogen and oxygen atoms in total. The summed E-state index contributed by atoms with van der Waals surface area (Å²) in [6.45, 7) is 5.95. The van der Waals surface area contributed by atoms with Crippen LogP contribution in [0.2, 0.25) is 5.02 Å². The van der Waals surface area contributed by atoms with E-state index in [1.165, 1.54) is 12.8 Å². The van der Waals surface area contributed by atoms with Crippen LogP contribution >= 0.6 is 11.6 Å². The highest BCUT2D eigenvalue weighted by Gasteiger charge is 2.37.